The standard InChI is InChI=1S/C15H13FN2O5/c1-22-12-5-6-14(13(8-12)18(20)21)23-9-15(19)17-11-4-2-3-10(16)7-11/h2-8H,9H2,1H3,(H,17,19). The second-order valence-corrected chi connectivity index (χ2v) is 4.44. The lowest BCUT2D eigenvalue weighted by Gasteiger charge is -2.09. The quantitative estimate of drug-likeness (QED) is 0.653. The van der Waals surface area contributed by atoms with Crippen LogP contribution in [0.3, 0.4) is 0 Å². The molecule has 0 spiro atoms. The van der Waals surface area contributed by atoms with Crippen molar-refractivity contribution in [1.29, 1.82) is 0 Å². The molecule has 0 bridgehead atoms. The van der Waals surface area contributed by atoms with E-state index >= 15 is 0 Å². The van der Waals surface area contributed by atoms with E-state index in [1.165, 1.54) is 43.5 Å². The first kappa shape index (κ1) is 16.2. The van der Waals surface area contributed by atoms with E-state index in [0.717, 1.165) is 6.07 Å². The molecule has 0 saturated carbocycles. The van der Waals surface area contributed by atoms with E-state index < -0.39 is 23.3 Å². The lowest BCUT2D eigenvalue weighted by molar-refractivity contribution is -0.385. The maximum Gasteiger partial charge on any atom is 0.314 e. The zero-order valence-corrected chi connectivity index (χ0v) is 12.1. The highest BCUT2D eigenvalue weighted by Crippen LogP contribution is 2.30. The van der Waals surface area contributed by atoms with Crippen LogP contribution in [0.4, 0.5) is 15.8 Å². The highest BCUT2D eigenvalue weighted by Gasteiger charge is 2.17. The van der Waals surface area contributed by atoms with Crippen molar-refractivity contribution in [2.45, 2.75) is 0 Å². The Hall–Kier alpha value is -3.16. The van der Waals surface area contributed by atoms with Gasteiger partial charge in [0.1, 0.15) is 11.6 Å². The van der Waals surface area contributed by atoms with Crippen LogP contribution < -0.4 is 14.8 Å². The third-order valence-electron chi connectivity index (χ3n) is 2.83. The number of carbonyl (C=O) groups is 1. The fourth-order valence-corrected chi connectivity index (χ4v) is 1.80. The Balaban J connectivity index is 2.02. The number of halogens is 1. The monoisotopic (exact) mass is 320 g/mol. The number of hydrogen-bond acceptors (Lipinski definition) is 5. The molecule has 0 heterocycles. The molecule has 7 nitrogen and oxygen atoms in total. The van der Waals surface area contributed by atoms with Crippen molar-refractivity contribution >= 4 is 17.3 Å². The predicted octanol–water partition coefficient (Wildman–Crippen LogP) is 2.76. The SMILES string of the molecule is COc1ccc(OCC(=O)Nc2cccc(F)c2)c([N+](=O)[O-])c1. The van der Waals surface area contributed by atoms with Crippen LogP contribution in [0.1, 0.15) is 0 Å². The smallest absolute Gasteiger partial charge is 0.314 e. The largest absolute Gasteiger partial charge is 0.496 e. The maximum atomic E-state index is 13.0. The minimum Gasteiger partial charge on any atom is -0.496 e. The van der Waals surface area contributed by atoms with Crippen molar-refractivity contribution in [3.63, 3.8) is 0 Å². The Labute approximate surface area is 130 Å². The number of hydrogen-bond donors (Lipinski definition) is 1. The van der Waals surface area contributed by atoms with Gasteiger partial charge in [0.15, 0.2) is 12.4 Å². The molecule has 0 unspecified atom stereocenters. The van der Waals surface area contributed by atoms with Crippen LogP contribution in [0, 0.1) is 15.9 Å². The fraction of sp³-hybridized carbons (Fsp3) is 0.133. The summed E-state index contributed by atoms with van der Waals surface area (Å²) in [6.45, 7) is -0.455. The highest BCUT2D eigenvalue weighted by atomic mass is 19.1. The number of nitrogens with zero attached hydrogens (tertiary/aromatic N) is 1. The first-order valence-electron chi connectivity index (χ1n) is 6.50. The number of amides is 1. The second-order valence-electron chi connectivity index (χ2n) is 4.44. The molecular formula is C15H13FN2O5. The minimum atomic E-state index is -0.637. The van der Waals surface area contributed by atoms with Crippen molar-refractivity contribution in [1.82, 2.24) is 0 Å². The number of anilines is 1. The van der Waals surface area contributed by atoms with Crippen LogP contribution >= 0.6 is 0 Å². The summed E-state index contributed by atoms with van der Waals surface area (Å²) in [6, 6.07) is 9.36. The van der Waals surface area contributed by atoms with Gasteiger partial charge in [-0.05, 0) is 30.3 Å². The Morgan fingerprint density at radius 1 is 1.30 bits per heavy atom. The zero-order valence-electron chi connectivity index (χ0n) is 12.1. The van der Waals surface area contributed by atoms with E-state index in [1.54, 1.807) is 0 Å². The van der Waals surface area contributed by atoms with Crippen LogP contribution in [0.15, 0.2) is 42.5 Å². The van der Waals surface area contributed by atoms with Gasteiger partial charge in [-0.1, -0.05) is 6.07 Å². The zero-order chi connectivity index (χ0) is 16.8. The Morgan fingerprint density at radius 2 is 2.09 bits per heavy atom. The molecule has 0 aliphatic rings. The van der Waals surface area contributed by atoms with Gasteiger partial charge in [0.2, 0.25) is 0 Å². The lowest BCUT2D eigenvalue weighted by Crippen LogP contribution is -2.20. The highest BCUT2D eigenvalue weighted by molar-refractivity contribution is 5.91. The van der Waals surface area contributed by atoms with Crippen LogP contribution in [0.25, 0.3) is 0 Å². The van der Waals surface area contributed by atoms with Gasteiger partial charge in [-0.3, -0.25) is 14.9 Å². The summed E-state index contributed by atoms with van der Waals surface area (Å²) in [5.41, 5.74) is -0.0502. The summed E-state index contributed by atoms with van der Waals surface area (Å²) in [5.74, 6) is -0.825. The molecule has 0 aliphatic carbocycles. The second kappa shape index (κ2) is 7.21. The van der Waals surface area contributed by atoms with E-state index in [9.17, 15) is 19.3 Å². The molecule has 0 radical (unpaired) electrons. The summed E-state index contributed by atoms with van der Waals surface area (Å²) in [6.07, 6.45) is 0. The molecule has 0 aromatic heterocycles. The molecule has 2 rings (SSSR count). The number of rotatable bonds is 6. The van der Waals surface area contributed by atoms with E-state index in [2.05, 4.69) is 5.32 Å². The summed E-state index contributed by atoms with van der Waals surface area (Å²) < 4.78 is 23.1. The molecule has 23 heavy (non-hydrogen) atoms. The molecule has 1 N–H and O–H groups in total. The Bertz CT molecular complexity index is 736. The van der Waals surface area contributed by atoms with E-state index in [0.29, 0.717) is 5.75 Å². The molecule has 0 fully saturated rings. The lowest BCUT2D eigenvalue weighted by atomic mass is 10.3. The molecule has 2 aromatic carbocycles. The summed E-state index contributed by atoms with van der Waals surface area (Å²) in [5, 5.41) is 13.4. The number of carbonyl (C=O) groups excluding carboxylic acids is 1. The van der Waals surface area contributed by atoms with Gasteiger partial charge in [-0.25, -0.2) is 4.39 Å². The van der Waals surface area contributed by atoms with Crippen molar-refractivity contribution in [3.05, 3.63) is 58.4 Å². The van der Waals surface area contributed by atoms with Crippen LogP contribution in [0.2, 0.25) is 0 Å². The van der Waals surface area contributed by atoms with Gasteiger partial charge in [0, 0.05) is 5.69 Å². The van der Waals surface area contributed by atoms with Gasteiger partial charge in [0.05, 0.1) is 18.1 Å². The van der Waals surface area contributed by atoms with Crippen LogP contribution in [0.5, 0.6) is 11.5 Å². The van der Waals surface area contributed by atoms with Crippen molar-refractivity contribution in [2.75, 3.05) is 19.0 Å². The molecular weight excluding hydrogens is 307 g/mol. The van der Waals surface area contributed by atoms with Crippen molar-refractivity contribution in [3.8, 4) is 11.5 Å². The van der Waals surface area contributed by atoms with Gasteiger partial charge in [0.25, 0.3) is 5.91 Å². The topological polar surface area (TPSA) is 90.7 Å². The fourth-order valence-electron chi connectivity index (χ4n) is 1.80. The minimum absolute atomic E-state index is 0.0646. The third-order valence-corrected chi connectivity index (χ3v) is 2.83. The molecule has 120 valence electrons. The van der Waals surface area contributed by atoms with E-state index in [-0.39, 0.29) is 17.1 Å². The molecule has 0 saturated heterocycles. The molecule has 0 atom stereocenters. The first-order valence-corrected chi connectivity index (χ1v) is 6.50. The maximum absolute atomic E-state index is 13.0. The summed E-state index contributed by atoms with van der Waals surface area (Å²) in [7, 11) is 1.38. The van der Waals surface area contributed by atoms with Gasteiger partial charge in [-0.2, -0.15) is 0 Å². The summed E-state index contributed by atoms with van der Waals surface area (Å²) in [4.78, 5) is 22.1. The third kappa shape index (κ3) is 4.40. The molecule has 8 heteroatoms. The van der Waals surface area contributed by atoms with E-state index in [1.807, 2.05) is 0 Å². The predicted molar refractivity (Wildman–Crippen MR) is 80.2 cm³/mol. The average Bonchev–Trinajstić information content (AvgIpc) is 2.52. The normalized spacial score (nSPS) is 10.0. The van der Waals surface area contributed by atoms with Gasteiger partial charge in [-0.15, -0.1) is 0 Å². The molecule has 0 aliphatic heterocycles. The number of nitrogens with one attached hydrogen (secondary N) is 1. The first-order chi connectivity index (χ1) is 11.0. The van der Waals surface area contributed by atoms with Crippen LogP contribution in [-0.2, 0) is 4.79 Å². The number of nitro groups is 1. The van der Waals surface area contributed by atoms with E-state index in [4.69, 9.17) is 9.47 Å². The van der Waals surface area contributed by atoms with Crippen molar-refractivity contribution < 1.29 is 23.6 Å². The number of benzene rings is 2. The van der Waals surface area contributed by atoms with Crippen LogP contribution in [-0.4, -0.2) is 24.5 Å². The summed E-state index contributed by atoms with van der Waals surface area (Å²) >= 11 is 0. The van der Waals surface area contributed by atoms with Gasteiger partial charge >= 0.3 is 5.69 Å². The number of ether oxygens (including phenoxy) is 2. The van der Waals surface area contributed by atoms with Crippen molar-refractivity contribution in [2.24, 2.45) is 0 Å². The van der Waals surface area contributed by atoms with Gasteiger partial charge < -0.3 is 14.8 Å². The number of methoxy groups -OCH3 is 1. The molecule has 1 amide bonds. The Kier molecular flexibility index (Phi) is 5.08. The average molecular weight is 320 g/mol. The Morgan fingerprint density at radius 3 is 2.74 bits per heavy atom. The number of nitro benzene ring substituents is 1. The molecule has 2 aromatic rings.